The van der Waals surface area contributed by atoms with E-state index < -0.39 is 0 Å². The van der Waals surface area contributed by atoms with Crippen LogP contribution in [0.25, 0.3) is 0 Å². The van der Waals surface area contributed by atoms with Gasteiger partial charge in [-0.15, -0.1) is 0 Å². The van der Waals surface area contributed by atoms with E-state index in [2.05, 4.69) is 12.1 Å². The van der Waals surface area contributed by atoms with Gasteiger partial charge in [0.1, 0.15) is 0 Å². The molecule has 4 nitrogen and oxygen atoms in total. The summed E-state index contributed by atoms with van der Waals surface area (Å²) in [6.45, 7) is 6.03. The van der Waals surface area contributed by atoms with Crippen molar-refractivity contribution < 1.29 is 9.47 Å². The Hall–Kier alpha value is -0.940. The molecule has 1 heterocycles. The molecular weight excluding hydrogens is 264 g/mol. The lowest BCUT2D eigenvalue weighted by Crippen LogP contribution is -2.53. The molecule has 1 aliphatic heterocycles. The van der Waals surface area contributed by atoms with Crippen molar-refractivity contribution in [3.8, 4) is 0 Å². The smallest absolute Gasteiger partial charge is 0.173 e. The summed E-state index contributed by atoms with van der Waals surface area (Å²) in [4.78, 5) is 0. The van der Waals surface area contributed by atoms with Crippen molar-refractivity contribution in [3.05, 3.63) is 35.9 Å². The zero-order chi connectivity index (χ0) is 15.5. The topological polar surface area (TPSA) is 70.5 Å². The number of benzene rings is 1. The molecule has 0 bridgehead atoms. The average Bonchev–Trinajstić information content (AvgIpc) is 2.41. The van der Waals surface area contributed by atoms with E-state index in [9.17, 15) is 0 Å². The predicted molar refractivity (Wildman–Crippen MR) is 84.8 cm³/mol. The molecule has 0 aliphatic carbocycles. The third kappa shape index (κ3) is 5.08. The van der Waals surface area contributed by atoms with Crippen LogP contribution in [-0.4, -0.2) is 30.1 Å². The fourth-order valence-electron chi connectivity index (χ4n) is 2.63. The lowest BCUT2D eigenvalue weighted by molar-refractivity contribution is -0.243. The summed E-state index contributed by atoms with van der Waals surface area (Å²) >= 11 is 0. The van der Waals surface area contributed by atoms with Crippen LogP contribution in [0.5, 0.6) is 0 Å². The maximum Gasteiger partial charge on any atom is 0.173 e. The van der Waals surface area contributed by atoms with Crippen molar-refractivity contribution in [1.29, 1.82) is 0 Å². The standard InChI is InChI=1S/C17H28N2O2/c1-17(2,3)21-16-13(18)9-10-15(20-16)14(19)11-12-7-5-4-6-8-12/h4-8,13-16H,9-11,18-19H2,1-3H3/t13-,14?,15?,16-/m1/s1. The first-order valence-electron chi connectivity index (χ1n) is 7.73. The van der Waals surface area contributed by atoms with Crippen molar-refractivity contribution >= 4 is 0 Å². The third-order valence-corrected chi connectivity index (χ3v) is 3.70. The predicted octanol–water partition coefficient (Wildman–Crippen LogP) is 2.20. The van der Waals surface area contributed by atoms with Crippen LogP contribution < -0.4 is 11.5 Å². The molecular formula is C17H28N2O2. The summed E-state index contributed by atoms with van der Waals surface area (Å²) in [5.41, 5.74) is 13.4. The van der Waals surface area contributed by atoms with Crippen LogP contribution in [0, 0.1) is 0 Å². The molecule has 1 aliphatic rings. The SMILES string of the molecule is CC(C)(C)O[C@H]1OC(C(N)Cc2ccccc2)CC[C@H]1N. The molecule has 4 heteroatoms. The van der Waals surface area contributed by atoms with E-state index >= 15 is 0 Å². The van der Waals surface area contributed by atoms with Gasteiger partial charge in [0.2, 0.25) is 0 Å². The molecule has 1 saturated heterocycles. The summed E-state index contributed by atoms with van der Waals surface area (Å²) in [7, 11) is 0. The minimum Gasteiger partial charge on any atom is -0.346 e. The molecule has 0 amide bonds. The van der Waals surface area contributed by atoms with Gasteiger partial charge in [-0.3, -0.25) is 0 Å². The fraction of sp³-hybridized carbons (Fsp3) is 0.647. The number of ether oxygens (including phenoxy) is 2. The highest BCUT2D eigenvalue weighted by molar-refractivity contribution is 5.16. The van der Waals surface area contributed by atoms with Gasteiger partial charge in [0.15, 0.2) is 6.29 Å². The zero-order valence-electron chi connectivity index (χ0n) is 13.3. The molecule has 4 N–H and O–H groups in total. The van der Waals surface area contributed by atoms with Crippen LogP contribution in [-0.2, 0) is 15.9 Å². The number of rotatable bonds is 4. The van der Waals surface area contributed by atoms with Crippen molar-refractivity contribution in [2.24, 2.45) is 11.5 Å². The normalized spacial score (nSPS) is 28.3. The molecule has 0 saturated carbocycles. The van der Waals surface area contributed by atoms with Gasteiger partial charge >= 0.3 is 0 Å². The van der Waals surface area contributed by atoms with Crippen LogP contribution in [0.3, 0.4) is 0 Å². The monoisotopic (exact) mass is 292 g/mol. The fourth-order valence-corrected chi connectivity index (χ4v) is 2.63. The van der Waals surface area contributed by atoms with Gasteiger partial charge in [-0.05, 0) is 45.6 Å². The van der Waals surface area contributed by atoms with Crippen molar-refractivity contribution in [1.82, 2.24) is 0 Å². The highest BCUT2D eigenvalue weighted by atomic mass is 16.7. The molecule has 1 aromatic carbocycles. The van der Waals surface area contributed by atoms with Crippen LogP contribution >= 0.6 is 0 Å². The lowest BCUT2D eigenvalue weighted by Gasteiger charge is -2.39. The van der Waals surface area contributed by atoms with Crippen molar-refractivity contribution in [2.45, 2.75) is 70.1 Å². The minimum absolute atomic E-state index is 0.00245. The van der Waals surface area contributed by atoms with E-state index in [-0.39, 0.29) is 30.1 Å². The largest absolute Gasteiger partial charge is 0.346 e. The average molecular weight is 292 g/mol. The highest BCUT2D eigenvalue weighted by Crippen LogP contribution is 2.25. The van der Waals surface area contributed by atoms with E-state index in [0.717, 1.165) is 19.3 Å². The highest BCUT2D eigenvalue weighted by Gasteiger charge is 2.34. The Bertz CT molecular complexity index is 430. The molecule has 1 fully saturated rings. The Morgan fingerprint density at radius 3 is 2.52 bits per heavy atom. The Balaban J connectivity index is 1.94. The van der Waals surface area contributed by atoms with E-state index in [1.165, 1.54) is 5.56 Å². The van der Waals surface area contributed by atoms with E-state index in [4.69, 9.17) is 20.9 Å². The summed E-state index contributed by atoms with van der Waals surface area (Å²) in [5, 5.41) is 0. The van der Waals surface area contributed by atoms with Crippen LogP contribution in [0.1, 0.15) is 39.2 Å². The summed E-state index contributed by atoms with van der Waals surface area (Å²) < 4.78 is 12.0. The Morgan fingerprint density at radius 2 is 1.90 bits per heavy atom. The van der Waals surface area contributed by atoms with Gasteiger partial charge < -0.3 is 20.9 Å². The van der Waals surface area contributed by atoms with Gasteiger partial charge in [-0.1, -0.05) is 30.3 Å². The maximum absolute atomic E-state index is 6.33. The maximum atomic E-state index is 6.33. The number of hydrogen-bond donors (Lipinski definition) is 2. The second kappa shape index (κ2) is 6.88. The second-order valence-corrected chi connectivity index (χ2v) is 6.87. The molecule has 1 aromatic rings. The number of hydrogen-bond acceptors (Lipinski definition) is 4. The van der Waals surface area contributed by atoms with Gasteiger partial charge in [-0.2, -0.15) is 0 Å². The van der Waals surface area contributed by atoms with Crippen molar-refractivity contribution in [3.63, 3.8) is 0 Å². The lowest BCUT2D eigenvalue weighted by atomic mass is 9.95. The van der Waals surface area contributed by atoms with Gasteiger partial charge in [0.25, 0.3) is 0 Å². The molecule has 0 radical (unpaired) electrons. The first kappa shape index (κ1) is 16.4. The summed E-state index contributed by atoms with van der Waals surface area (Å²) in [5.74, 6) is 0. The van der Waals surface area contributed by atoms with E-state index in [1.54, 1.807) is 0 Å². The Labute approximate surface area is 127 Å². The summed E-state index contributed by atoms with van der Waals surface area (Å²) in [6, 6.07) is 10.2. The summed E-state index contributed by atoms with van der Waals surface area (Å²) in [6.07, 6.45) is 2.21. The van der Waals surface area contributed by atoms with Gasteiger partial charge in [0, 0.05) is 6.04 Å². The quantitative estimate of drug-likeness (QED) is 0.892. The van der Waals surface area contributed by atoms with E-state index in [1.807, 2.05) is 39.0 Å². The van der Waals surface area contributed by atoms with Crippen molar-refractivity contribution in [2.75, 3.05) is 0 Å². The first-order valence-corrected chi connectivity index (χ1v) is 7.73. The van der Waals surface area contributed by atoms with Gasteiger partial charge in [0.05, 0.1) is 17.7 Å². The Kier molecular flexibility index (Phi) is 5.38. The zero-order valence-corrected chi connectivity index (χ0v) is 13.3. The molecule has 2 unspecified atom stereocenters. The molecule has 0 aromatic heterocycles. The molecule has 0 spiro atoms. The molecule has 118 valence electrons. The minimum atomic E-state index is -0.370. The molecule has 4 atom stereocenters. The van der Waals surface area contributed by atoms with Crippen LogP contribution in [0.4, 0.5) is 0 Å². The van der Waals surface area contributed by atoms with E-state index in [0.29, 0.717) is 0 Å². The molecule has 21 heavy (non-hydrogen) atoms. The number of nitrogens with two attached hydrogens (primary N) is 2. The van der Waals surface area contributed by atoms with Crippen LogP contribution in [0.15, 0.2) is 30.3 Å². The second-order valence-electron chi connectivity index (χ2n) is 6.87. The Morgan fingerprint density at radius 1 is 1.24 bits per heavy atom. The van der Waals surface area contributed by atoms with Gasteiger partial charge in [-0.25, -0.2) is 0 Å². The first-order chi connectivity index (χ1) is 9.85. The molecule has 2 rings (SSSR count). The van der Waals surface area contributed by atoms with Crippen LogP contribution in [0.2, 0.25) is 0 Å². The third-order valence-electron chi connectivity index (χ3n) is 3.70.